The molecule has 8 heteroatoms. The van der Waals surface area contributed by atoms with Crippen LogP contribution in [0, 0.1) is 0 Å². The quantitative estimate of drug-likeness (QED) is 0.739. The van der Waals surface area contributed by atoms with Crippen LogP contribution in [0.5, 0.6) is 0 Å². The summed E-state index contributed by atoms with van der Waals surface area (Å²) in [4.78, 5) is 16.6. The highest BCUT2D eigenvalue weighted by Gasteiger charge is 2.51. The van der Waals surface area contributed by atoms with Gasteiger partial charge < -0.3 is 15.5 Å². The van der Waals surface area contributed by atoms with Gasteiger partial charge in [-0.2, -0.15) is 0 Å². The van der Waals surface area contributed by atoms with E-state index in [1.54, 1.807) is 12.1 Å². The van der Waals surface area contributed by atoms with Crippen LogP contribution in [0.25, 0.3) is 0 Å². The normalized spacial score (nSPS) is 24.8. The molecule has 1 amide bonds. The molecule has 1 aliphatic rings. The summed E-state index contributed by atoms with van der Waals surface area (Å²) in [7, 11) is 0. The minimum Gasteiger partial charge on any atom is -0.393 e. The average Bonchev–Trinajstić information content (AvgIpc) is 2.64. The van der Waals surface area contributed by atoms with Crippen molar-refractivity contribution in [1.29, 1.82) is 0 Å². The van der Waals surface area contributed by atoms with E-state index in [9.17, 15) is 15.0 Å². The van der Waals surface area contributed by atoms with E-state index >= 15 is 4.39 Å². The molecule has 2 atom stereocenters. The number of benzene rings is 1. The third-order valence-corrected chi connectivity index (χ3v) is 5.22. The SMILES string of the molecule is O=C(NCc1ccc(Cl)cc1Cl)[C@@]1(F)CC[C@@](O)(CO)c2ncccc21. The molecule has 0 aliphatic heterocycles. The van der Waals surface area contributed by atoms with E-state index in [0.717, 1.165) is 0 Å². The fraction of sp³-hybridized carbons (Fsp3) is 0.333. The Morgan fingerprint density at radius 1 is 1.31 bits per heavy atom. The van der Waals surface area contributed by atoms with Gasteiger partial charge in [-0.1, -0.05) is 35.3 Å². The van der Waals surface area contributed by atoms with Crippen molar-refractivity contribution in [1.82, 2.24) is 10.3 Å². The van der Waals surface area contributed by atoms with Gasteiger partial charge in [-0.3, -0.25) is 9.78 Å². The van der Waals surface area contributed by atoms with Crippen LogP contribution < -0.4 is 5.32 Å². The van der Waals surface area contributed by atoms with Crippen LogP contribution in [0.4, 0.5) is 4.39 Å². The molecule has 5 nitrogen and oxygen atoms in total. The number of rotatable bonds is 4. The van der Waals surface area contributed by atoms with E-state index in [1.807, 2.05) is 0 Å². The van der Waals surface area contributed by atoms with Crippen molar-refractivity contribution in [2.45, 2.75) is 30.7 Å². The Kier molecular flexibility index (Phi) is 5.21. The van der Waals surface area contributed by atoms with Crippen molar-refractivity contribution >= 4 is 29.1 Å². The van der Waals surface area contributed by atoms with Crippen molar-refractivity contribution in [3.63, 3.8) is 0 Å². The fourth-order valence-corrected chi connectivity index (χ4v) is 3.57. The number of amides is 1. The number of nitrogens with zero attached hydrogens (tertiary/aromatic N) is 1. The van der Waals surface area contributed by atoms with Crippen LogP contribution in [0.3, 0.4) is 0 Å². The molecule has 0 saturated heterocycles. The monoisotopic (exact) mass is 398 g/mol. The largest absolute Gasteiger partial charge is 0.393 e. The second-order valence-corrected chi connectivity index (χ2v) is 7.15. The van der Waals surface area contributed by atoms with Gasteiger partial charge in [0.15, 0.2) is 0 Å². The number of carbonyl (C=O) groups excluding carboxylic acids is 1. The van der Waals surface area contributed by atoms with E-state index < -0.39 is 23.8 Å². The van der Waals surface area contributed by atoms with Gasteiger partial charge in [0.1, 0.15) is 5.60 Å². The first-order valence-electron chi connectivity index (χ1n) is 8.00. The van der Waals surface area contributed by atoms with E-state index in [-0.39, 0.29) is 30.6 Å². The van der Waals surface area contributed by atoms with Crippen LogP contribution in [-0.2, 0) is 22.6 Å². The number of hydrogen-bond acceptors (Lipinski definition) is 4. The summed E-state index contributed by atoms with van der Waals surface area (Å²) < 4.78 is 15.6. The topological polar surface area (TPSA) is 82.5 Å². The van der Waals surface area contributed by atoms with Crippen molar-refractivity contribution in [2.24, 2.45) is 0 Å². The summed E-state index contributed by atoms with van der Waals surface area (Å²) in [6.07, 6.45) is 0.985. The number of carbonyl (C=O) groups is 1. The summed E-state index contributed by atoms with van der Waals surface area (Å²) in [6, 6.07) is 7.70. The third-order valence-electron chi connectivity index (χ3n) is 4.63. The van der Waals surface area contributed by atoms with E-state index in [0.29, 0.717) is 15.6 Å². The number of aliphatic hydroxyl groups is 2. The van der Waals surface area contributed by atoms with Crippen LogP contribution in [0.15, 0.2) is 36.5 Å². The number of nitrogens with one attached hydrogen (secondary N) is 1. The number of aliphatic hydroxyl groups excluding tert-OH is 1. The molecule has 2 aromatic rings. The van der Waals surface area contributed by atoms with Gasteiger partial charge in [0.05, 0.1) is 12.3 Å². The number of hydrogen-bond donors (Lipinski definition) is 3. The van der Waals surface area contributed by atoms with E-state index in [4.69, 9.17) is 23.2 Å². The first-order valence-corrected chi connectivity index (χ1v) is 8.76. The van der Waals surface area contributed by atoms with Crippen molar-refractivity contribution < 1.29 is 19.4 Å². The number of pyridine rings is 1. The molecule has 0 fully saturated rings. The molecular formula is C18H17Cl2FN2O3. The second kappa shape index (κ2) is 7.12. The zero-order valence-electron chi connectivity index (χ0n) is 13.7. The highest BCUT2D eigenvalue weighted by Crippen LogP contribution is 2.45. The summed E-state index contributed by atoms with van der Waals surface area (Å²) >= 11 is 11.9. The number of alkyl halides is 1. The third kappa shape index (κ3) is 3.30. The molecule has 26 heavy (non-hydrogen) atoms. The minimum absolute atomic E-state index is 0.0177. The molecule has 0 radical (unpaired) electrons. The lowest BCUT2D eigenvalue weighted by Gasteiger charge is -2.38. The van der Waals surface area contributed by atoms with E-state index in [2.05, 4.69) is 10.3 Å². The molecule has 3 rings (SSSR count). The molecule has 1 aromatic heterocycles. The molecule has 3 N–H and O–H groups in total. The van der Waals surface area contributed by atoms with Gasteiger partial charge in [0.2, 0.25) is 5.67 Å². The highest BCUT2D eigenvalue weighted by molar-refractivity contribution is 6.35. The number of fused-ring (bicyclic) bond motifs is 1. The molecule has 138 valence electrons. The summed E-state index contributed by atoms with van der Waals surface area (Å²) in [5.41, 5.74) is -3.48. The van der Waals surface area contributed by atoms with Gasteiger partial charge in [-0.05, 0) is 36.6 Å². The first-order chi connectivity index (χ1) is 12.3. The van der Waals surface area contributed by atoms with Crippen LogP contribution in [0.2, 0.25) is 10.0 Å². The lowest BCUT2D eigenvalue weighted by molar-refractivity contribution is -0.138. The van der Waals surface area contributed by atoms with E-state index in [1.165, 1.54) is 24.4 Å². The fourth-order valence-electron chi connectivity index (χ4n) is 3.10. The standard InChI is InChI=1S/C18H17Cl2FN2O3/c19-12-4-3-11(14(20)8-12)9-23-16(25)18(21)6-5-17(26,10-24)15-13(18)2-1-7-22-15/h1-4,7-8,24,26H,5-6,9-10H2,(H,23,25)/t17-,18-/m1/s1. The Morgan fingerprint density at radius 2 is 2.08 bits per heavy atom. The Labute approximate surface area is 159 Å². The molecule has 0 spiro atoms. The van der Waals surface area contributed by atoms with Gasteiger partial charge in [0, 0.05) is 28.4 Å². The zero-order valence-corrected chi connectivity index (χ0v) is 15.2. The Balaban J connectivity index is 1.85. The zero-order chi connectivity index (χ0) is 18.9. The van der Waals surface area contributed by atoms with Crippen LogP contribution in [-0.4, -0.2) is 27.7 Å². The number of halogens is 3. The summed E-state index contributed by atoms with van der Waals surface area (Å²) in [5.74, 6) is -0.849. The Hall–Kier alpha value is -1.73. The average molecular weight is 399 g/mol. The predicted octanol–water partition coefficient (Wildman–Crippen LogP) is 2.84. The van der Waals surface area contributed by atoms with Crippen molar-refractivity contribution in [2.75, 3.05) is 6.61 Å². The summed E-state index contributed by atoms with van der Waals surface area (Å²) in [6.45, 7) is -0.574. The first kappa shape index (κ1) is 19.0. The lowest BCUT2D eigenvalue weighted by Crippen LogP contribution is -2.49. The van der Waals surface area contributed by atoms with Crippen molar-refractivity contribution in [3.05, 3.63) is 63.4 Å². The van der Waals surface area contributed by atoms with Gasteiger partial charge >= 0.3 is 0 Å². The molecule has 0 saturated carbocycles. The van der Waals surface area contributed by atoms with Gasteiger partial charge in [-0.15, -0.1) is 0 Å². The summed E-state index contributed by atoms with van der Waals surface area (Å²) in [5, 5.41) is 23.3. The smallest absolute Gasteiger partial charge is 0.262 e. The molecule has 1 heterocycles. The molecule has 0 unspecified atom stereocenters. The Morgan fingerprint density at radius 3 is 2.77 bits per heavy atom. The van der Waals surface area contributed by atoms with Gasteiger partial charge in [0.25, 0.3) is 5.91 Å². The molecule has 1 aromatic carbocycles. The van der Waals surface area contributed by atoms with Crippen molar-refractivity contribution in [3.8, 4) is 0 Å². The maximum atomic E-state index is 15.6. The number of aromatic nitrogens is 1. The maximum Gasteiger partial charge on any atom is 0.262 e. The molecular weight excluding hydrogens is 382 g/mol. The molecule has 0 bridgehead atoms. The molecule has 1 aliphatic carbocycles. The second-order valence-electron chi connectivity index (χ2n) is 6.31. The lowest BCUT2D eigenvalue weighted by atomic mass is 9.74. The minimum atomic E-state index is -2.36. The van der Waals surface area contributed by atoms with Gasteiger partial charge in [-0.25, -0.2) is 4.39 Å². The predicted molar refractivity (Wildman–Crippen MR) is 95.5 cm³/mol. The highest BCUT2D eigenvalue weighted by atomic mass is 35.5. The van der Waals surface area contributed by atoms with Crippen LogP contribution in [0.1, 0.15) is 29.7 Å². The Bertz CT molecular complexity index is 851. The maximum absolute atomic E-state index is 15.6. The van der Waals surface area contributed by atoms with Crippen LogP contribution >= 0.6 is 23.2 Å².